The molecule has 1 saturated heterocycles. The highest BCUT2D eigenvalue weighted by molar-refractivity contribution is 5.71. The Morgan fingerprint density at radius 1 is 0.931 bits per heavy atom. The summed E-state index contributed by atoms with van der Waals surface area (Å²) in [6, 6.07) is 22.7. The first-order valence-corrected chi connectivity index (χ1v) is 10.1. The molecule has 0 bridgehead atoms. The lowest BCUT2D eigenvalue weighted by atomic mass is 10.1. The van der Waals surface area contributed by atoms with Gasteiger partial charge in [0, 0.05) is 36.3 Å². The number of β-amino-alcohol motifs (C(OH)–C–C–N with tert-alkyl or cyclic N) is 1. The fourth-order valence-corrected chi connectivity index (χ4v) is 4.05. The summed E-state index contributed by atoms with van der Waals surface area (Å²) in [6.45, 7) is 3.61. The average molecular weight is 384 g/mol. The minimum Gasteiger partial charge on any atom is -0.391 e. The van der Waals surface area contributed by atoms with E-state index in [1.54, 1.807) is 0 Å². The lowest BCUT2D eigenvalue weighted by molar-refractivity contribution is 0.153. The molecule has 2 aromatic heterocycles. The largest absolute Gasteiger partial charge is 0.391 e. The van der Waals surface area contributed by atoms with Crippen LogP contribution in [0.1, 0.15) is 18.4 Å². The van der Waals surface area contributed by atoms with E-state index in [2.05, 4.69) is 54.3 Å². The molecule has 0 amide bonds. The first-order chi connectivity index (χ1) is 14.2. The monoisotopic (exact) mass is 384 g/mol. The first-order valence-electron chi connectivity index (χ1n) is 10.1. The van der Waals surface area contributed by atoms with Crippen molar-refractivity contribution in [3.8, 4) is 22.5 Å². The molecule has 1 aliphatic heterocycles. The average Bonchev–Trinajstić information content (AvgIpc) is 3.18. The summed E-state index contributed by atoms with van der Waals surface area (Å²) in [7, 11) is 0. The van der Waals surface area contributed by atoms with E-state index in [0.717, 1.165) is 53.4 Å². The van der Waals surface area contributed by atoms with Gasteiger partial charge in [0.25, 0.3) is 0 Å². The number of rotatable bonds is 3. The molecule has 0 unspecified atom stereocenters. The smallest absolute Gasteiger partial charge is 0.158 e. The molecular formula is C24H24N4O. The topological polar surface area (TPSA) is 53.7 Å². The van der Waals surface area contributed by atoms with E-state index in [-0.39, 0.29) is 6.10 Å². The minimum atomic E-state index is -0.307. The van der Waals surface area contributed by atoms with Gasteiger partial charge in [-0.15, -0.1) is 0 Å². The summed E-state index contributed by atoms with van der Waals surface area (Å²) >= 11 is 0. The van der Waals surface area contributed by atoms with Crippen LogP contribution in [-0.2, 0) is 0 Å². The maximum Gasteiger partial charge on any atom is 0.158 e. The third kappa shape index (κ3) is 3.49. The van der Waals surface area contributed by atoms with Crippen LogP contribution in [0.4, 0.5) is 5.82 Å². The van der Waals surface area contributed by atoms with Crippen LogP contribution in [0.3, 0.4) is 0 Å². The molecule has 0 saturated carbocycles. The SMILES string of the molecule is Cc1cccc(-c2cc3nc(-c4ccccc4)cc(N4CCC[C@@H](O)C4)n3n2)c1. The van der Waals surface area contributed by atoms with Crippen molar-refractivity contribution in [2.75, 3.05) is 18.0 Å². The van der Waals surface area contributed by atoms with Crippen molar-refractivity contribution >= 4 is 11.5 Å². The summed E-state index contributed by atoms with van der Waals surface area (Å²) < 4.78 is 1.92. The van der Waals surface area contributed by atoms with E-state index in [9.17, 15) is 5.11 Å². The van der Waals surface area contributed by atoms with Crippen LogP contribution in [0.25, 0.3) is 28.2 Å². The molecule has 146 valence electrons. The van der Waals surface area contributed by atoms with Gasteiger partial charge in [0.2, 0.25) is 0 Å². The molecule has 0 radical (unpaired) electrons. The van der Waals surface area contributed by atoms with Crippen molar-refractivity contribution in [2.45, 2.75) is 25.9 Å². The molecule has 3 heterocycles. The molecule has 1 aliphatic rings. The van der Waals surface area contributed by atoms with Gasteiger partial charge in [-0.25, -0.2) is 4.98 Å². The Morgan fingerprint density at radius 3 is 2.55 bits per heavy atom. The van der Waals surface area contributed by atoms with Crippen LogP contribution in [0.15, 0.2) is 66.7 Å². The van der Waals surface area contributed by atoms with Gasteiger partial charge in [0.15, 0.2) is 5.65 Å². The summed E-state index contributed by atoms with van der Waals surface area (Å²) in [5, 5.41) is 15.1. The first kappa shape index (κ1) is 17.9. The van der Waals surface area contributed by atoms with Crippen molar-refractivity contribution in [1.29, 1.82) is 0 Å². The van der Waals surface area contributed by atoms with Gasteiger partial charge in [-0.1, -0.05) is 54.1 Å². The maximum atomic E-state index is 10.2. The number of benzene rings is 2. The number of hydrogen-bond acceptors (Lipinski definition) is 4. The second-order valence-electron chi connectivity index (χ2n) is 7.78. The number of aromatic nitrogens is 3. The molecule has 0 spiro atoms. The molecule has 1 atom stereocenters. The Kier molecular flexibility index (Phi) is 4.52. The summed E-state index contributed by atoms with van der Waals surface area (Å²) in [6.07, 6.45) is 1.51. The number of aliphatic hydroxyl groups is 1. The van der Waals surface area contributed by atoms with Gasteiger partial charge in [0.1, 0.15) is 5.82 Å². The third-order valence-electron chi connectivity index (χ3n) is 5.51. The zero-order valence-corrected chi connectivity index (χ0v) is 16.5. The molecule has 5 heteroatoms. The van der Waals surface area contributed by atoms with Crippen LogP contribution in [0.5, 0.6) is 0 Å². The molecule has 2 aromatic carbocycles. The fourth-order valence-electron chi connectivity index (χ4n) is 4.05. The number of anilines is 1. The molecule has 5 nitrogen and oxygen atoms in total. The number of aliphatic hydroxyl groups excluding tert-OH is 1. The zero-order chi connectivity index (χ0) is 19.8. The standard InChI is InChI=1S/C24H24N4O/c1-17-7-5-10-19(13-17)22-14-23-25-21(18-8-3-2-4-9-18)15-24(28(23)26-22)27-12-6-11-20(29)16-27/h2-5,7-10,13-15,20,29H,6,11-12,16H2,1H3/t20-/m1/s1. The lowest BCUT2D eigenvalue weighted by Gasteiger charge is -2.32. The summed E-state index contributed by atoms with van der Waals surface area (Å²) in [5.41, 5.74) is 6.01. The van der Waals surface area contributed by atoms with Crippen molar-refractivity contribution < 1.29 is 5.11 Å². The van der Waals surface area contributed by atoms with Crippen LogP contribution >= 0.6 is 0 Å². The van der Waals surface area contributed by atoms with Crippen molar-refractivity contribution in [1.82, 2.24) is 14.6 Å². The van der Waals surface area contributed by atoms with Gasteiger partial charge in [0.05, 0.1) is 17.5 Å². The van der Waals surface area contributed by atoms with Crippen molar-refractivity contribution in [3.63, 3.8) is 0 Å². The third-order valence-corrected chi connectivity index (χ3v) is 5.51. The van der Waals surface area contributed by atoms with Gasteiger partial charge < -0.3 is 10.0 Å². The Morgan fingerprint density at radius 2 is 1.76 bits per heavy atom. The second-order valence-corrected chi connectivity index (χ2v) is 7.78. The van der Waals surface area contributed by atoms with E-state index >= 15 is 0 Å². The predicted octanol–water partition coefficient (Wildman–Crippen LogP) is 4.33. The summed E-state index contributed by atoms with van der Waals surface area (Å²) in [5.74, 6) is 0.978. The van der Waals surface area contributed by atoms with Crippen LogP contribution in [0.2, 0.25) is 0 Å². The molecule has 1 fully saturated rings. The van der Waals surface area contributed by atoms with Crippen molar-refractivity contribution in [2.24, 2.45) is 0 Å². The van der Waals surface area contributed by atoms with Crippen molar-refractivity contribution in [3.05, 3.63) is 72.3 Å². The number of aryl methyl sites for hydroxylation is 1. The molecule has 5 rings (SSSR count). The highest BCUT2D eigenvalue weighted by atomic mass is 16.3. The van der Waals surface area contributed by atoms with Crippen LogP contribution < -0.4 is 4.90 Å². The Bertz CT molecular complexity index is 1150. The summed E-state index contributed by atoms with van der Waals surface area (Å²) in [4.78, 5) is 7.12. The van der Waals surface area contributed by atoms with Gasteiger partial charge in [-0.2, -0.15) is 9.61 Å². The van der Waals surface area contributed by atoms with E-state index in [4.69, 9.17) is 10.1 Å². The fraction of sp³-hybridized carbons (Fsp3) is 0.250. The predicted molar refractivity (Wildman–Crippen MR) is 116 cm³/mol. The van der Waals surface area contributed by atoms with Gasteiger partial charge in [-0.3, -0.25) is 0 Å². The maximum absolute atomic E-state index is 10.2. The van der Waals surface area contributed by atoms with Crippen LogP contribution in [0, 0.1) is 6.92 Å². The molecule has 1 N–H and O–H groups in total. The lowest BCUT2D eigenvalue weighted by Crippen LogP contribution is -2.39. The Balaban J connectivity index is 1.69. The van der Waals surface area contributed by atoms with E-state index in [0.29, 0.717) is 6.54 Å². The van der Waals surface area contributed by atoms with Gasteiger partial charge in [-0.05, 0) is 25.8 Å². The Hall–Kier alpha value is -3.18. The van der Waals surface area contributed by atoms with Crippen LogP contribution in [-0.4, -0.2) is 38.9 Å². The molecule has 4 aromatic rings. The quantitative estimate of drug-likeness (QED) is 0.571. The van der Waals surface area contributed by atoms with E-state index < -0.39 is 0 Å². The second kappa shape index (κ2) is 7.33. The molecule has 29 heavy (non-hydrogen) atoms. The highest BCUT2D eigenvalue weighted by Crippen LogP contribution is 2.29. The van der Waals surface area contributed by atoms with E-state index in [1.165, 1.54) is 5.56 Å². The number of nitrogens with zero attached hydrogens (tertiary/aromatic N) is 4. The minimum absolute atomic E-state index is 0.307. The number of hydrogen-bond donors (Lipinski definition) is 1. The van der Waals surface area contributed by atoms with Gasteiger partial charge >= 0.3 is 0 Å². The molecule has 0 aliphatic carbocycles. The zero-order valence-electron chi connectivity index (χ0n) is 16.5. The normalized spacial score (nSPS) is 17.0. The van der Waals surface area contributed by atoms with E-state index in [1.807, 2.05) is 28.8 Å². The highest BCUT2D eigenvalue weighted by Gasteiger charge is 2.22. The number of piperidine rings is 1. The number of fused-ring (bicyclic) bond motifs is 1. The molecular weight excluding hydrogens is 360 g/mol. The Labute approximate surface area is 170 Å².